The van der Waals surface area contributed by atoms with Crippen molar-refractivity contribution in [3.05, 3.63) is 69.2 Å². The smallest absolute Gasteiger partial charge is 0.128 e. The summed E-state index contributed by atoms with van der Waals surface area (Å²) in [6, 6.07) is 16.9. The maximum absolute atomic E-state index is 8.97. The molecule has 108 valence electrons. The molecule has 3 heteroatoms. The molecule has 1 atom stereocenters. The van der Waals surface area contributed by atoms with E-state index < -0.39 is 0 Å². The van der Waals surface area contributed by atoms with Crippen LogP contribution in [0.2, 0.25) is 0 Å². The van der Waals surface area contributed by atoms with Crippen molar-refractivity contribution >= 4 is 21.5 Å². The summed E-state index contributed by atoms with van der Waals surface area (Å²) in [5.74, 6) is 1.32. The second kappa shape index (κ2) is 5.30. The molecule has 2 aliphatic rings. The number of benzene rings is 2. The first-order valence-corrected chi connectivity index (χ1v) is 8.18. The predicted molar refractivity (Wildman–Crippen MR) is 89.3 cm³/mol. The van der Waals surface area contributed by atoms with Gasteiger partial charge in [-0.3, -0.25) is 0 Å². The van der Waals surface area contributed by atoms with Gasteiger partial charge < -0.3 is 4.74 Å². The first-order chi connectivity index (χ1) is 10.8. The highest BCUT2D eigenvalue weighted by molar-refractivity contribution is 9.10. The Bertz CT molecular complexity index is 832. The highest BCUT2D eigenvalue weighted by atomic mass is 79.9. The maximum Gasteiger partial charge on any atom is 0.128 e. The molecule has 1 fully saturated rings. The van der Waals surface area contributed by atoms with Gasteiger partial charge in [-0.25, -0.2) is 0 Å². The Hall–Kier alpha value is -2.05. The van der Waals surface area contributed by atoms with E-state index in [4.69, 9.17) is 10.00 Å². The zero-order valence-corrected chi connectivity index (χ0v) is 13.6. The van der Waals surface area contributed by atoms with Gasteiger partial charge in [0, 0.05) is 16.5 Å². The second-order valence-corrected chi connectivity index (χ2v) is 6.67. The van der Waals surface area contributed by atoms with Crippen LogP contribution in [0.25, 0.3) is 5.57 Å². The van der Waals surface area contributed by atoms with Crippen LogP contribution < -0.4 is 4.74 Å². The Morgan fingerprint density at radius 2 is 2.05 bits per heavy atom. The predicted octanol–water partition coefficient (Wildman–Crippen LogP) is 5.08. The summed E-state index contributed by atoms with van der Waals surface area (Å²) in [5, 5.41) is 8.97. The number of hydrogen-bond donors (Lipinski definition) is 0. The Balaban J connectivity index is 1.95. The Morgan fingerprint density at radius 3 is 2.91 bits per heavy atom. The summed E-state index contributed by atoms with van der Waals surface area (Å²) < 4.78 is 7.05. The zero-order valence-electron chi connectivity index (χ0n) is 12.0. The SMILES string of the molecule is N#CCC1CC1=C1c2ccccc2COc2cc(Br)ccc21. The van der Waals surface area contributed by atoms with Crippen LogP contribution in [0.3, 0.4) is 0 Å². The van der Waals surface area contributed by atoms with Crippen molar-refractivity contribution in [3.63, 3.8) is 0 Å². The van der Waals surface area contributed by atoms with Crippen molar-refractivity contribution in [1.29, 1.82) is 5.26 Å². The highest BCUT2D eigenvalue weighted by Crippen LogP contribution is 2.50. The molecule has 2 nitrogen and oxygen atoms in total. The molecule has 1 unspecified atom stereocenters. The lowest BCUT2D eigenvalue weighted by atomic mass is 9.93. The van der Waals surface area contributed by atoms with Crippen molar-refractivity contribution in [2.75, 3.05) is 0 Å². The Labute approximate surface area is 138 Å². The number of rotatable bonds is 1. The monoisotopic (exact) mass is 351 g/mol. The molecule has 0 saturated heterocycles. The molecule has 0 aromatic heterocycles. The first-order valence-electron chi connectivity index (χ1n) is 7.39. The lowest BCUT2D eigenvalue weighted by molar-refractivity contribution is 0.307. The minimum absolute atomic E-state index is 0.405. The molecular weight excluding hydrogens is 338 g/mol. The number of nitrogens with zero attached hydrogens (tertiary/aromatic N) is 1. The quantitative estimate of drug-likeness (QED) is 0.717. The van der Waals surface area contributed by atoms with E-state index in [1.54, 1.807) is 0 Å². The molecule has 2 aromatic carbocycles. The number of allylic oxidation sites excluding steroid dienone is 1. The van der Waals surface area contributed by atoms with Gasteiger partial charge in [0.25, 0.3) is 0 Å². The van der Waals surface area contributed by atoms with Crippen molar-refractivity contribution in [2.45, 2.75) is 19.4 Å². The largest absolute Gasteiger partial charge is 0.488 e. The third-order valence-corrected chi connectivity index (χ3v) is 4.83. The van der Waals surface area contributed by atoms with Crippen LogP contribution in [0.4, 0.5) is 0 Å². The summed E-state index contributed by atoms with van der Waals surface area (Å²) >= 11 is 3.52. The molecule has 1 aliphatic heterocycles. The van der Waals surface area contributed by atoms with Gasteiger partial charge in [-0.1, -0.05) is 45.8 Å². The van der Waals surface area contributed by atoms with E-state index >= 15 is 0 Å². The van der Waals surface area contributed by atoms with Crippen LogP contribution in [-0.2, 0) is 6.61 Å². The zero-order chi connectivity index (χ0) is 15.1. The Morgan fingerprint density at radius 1 is 1.18 bits per heavy atom. The number of hydrogen-bond acceptors (Lipinski definition) is 2. The third-order valence-electron chi connectivity index (χ3n) is 4.34. The van der Waals surface area contributed by atoms with E-state index in [2.05, 4.69) is 58.4 Å². The molecular formula is C19H14BrNO. The molecule has 22 heavy (non-hydrogen) atoms. The number of halogens is 1. The minimum atomic E-state index is 0.405. The fraction of sp³-hybridized carbons (Fsp3) is 0.211. The molecule has 2 aromatic rings. The van der Waals surface area contributed by atoms with Crippen molar-refractivity contribution in [3.8, 4) is 11.8 Å². The molecule has 1 heterocycles. The van der Waals surface area contributed by atoms with Crippen molar-refractivity contribution in [2.24, 2.45) is 5.92 Å². The van der Waals surface area contributed by atoms with Crippen LogP contribution in [0.1, 0.15) is 29.5 Å². The van der Waals surface area contributed by atoms with Gasteiger partial charge in [-0.05, 0) is 47.2 Å². The standard InChI is InChI=1S/C19H14BrNO/c20-14-5-6-16-18(10-14)22-11-13-3-1-2-4-15(13)19(16)17-9-12(17)7-8-21/h1-6,10,12H,7,9,11H2. The minimum Gasteiger partial charge on any atom is -0.488 e. The van der Waals surface area contributed by atoms with Crippen molar-refractivity contribution in [1.82, 2.24) is 0 Å². The average molecular weight is 352 g/mol. The lowest BCUT2D eigenvalue weighted by Crippen LogP contribution is -1.95. The van der Waals surface area contributed by atoms with Gasteiger partial charge in [-0.2, -0.15) is 5.26 Å². The molecule has 0 amide bonds. The number of nitriles is 1. The first kappa shape index (κ1) is 13.6. The normalized spacial score (nSPS) is 21.9. The van der Waals surface area contributed by atoms with E-state index in [9.17, 15) is 0 Å². The summed E-state index contributed by atoms with van der Waals surface area (Å²) in [4.78, 5) is 0. The van der Waals surface area contributed by atoms with Crippen LogP contribution in [0.5, 0.6) is 5.75 Å². The summed E-state index contributed by atoms with van der Waals surface area (Å²) in [6.07, 6.45) is 1.63. The molecule has 4 rings (SSSR count). The van der Waals surface area contributed by atoms with Gasteiger partial charge in [0.05, 0.1) is 6.07 Å². The third kappa shape index (κ3) is 2.24. The van der Waals surface area contributed by atoms with Crippen LogP contribution in [0, 0.1) is 17.2 Å². The second-order valence-electron chi connectivity index (χ2n) is 5.75. The molecule has 0 N–H and O–H groups in total. The molecule has 0 bridgehead atoms. The van der Waals surface area contributed by atoms with Gasteiger partial charge in [0.1, 0.15) is 12.4 Å². The molecule has 0 spiro atoms. The fourth-order valence-corrected chi connectivity index (χ4v) is 3.52. The number of ether oxygens (including phenoxy) is 1. The van der Waals surface area contributed by atoms with E-state index in [0.717, 1.165) is 22.2 Å². The lowest BCUT2D eigenvalue weighted by Gasteiger charge is -2.10. The van der Waals surface area contributed by atoms with Gasteiger partial charge in [-0.15, -0.1) is 0 Å². The van der Waals surface area contributed by atoms with Gasteiger partial charge in [0.2, 0.25) is 0 Å². The summed E-state index contributed by atoms with van der Waals surface area (Å²) in [5.41, 5.74) is 6.27. The van der Waals surface area contributed by atoms with E-state index in [-0.39, 0.29) is 0 Å². The highest BCUT2D eigenvalue weighted by Gasteiger charge is 2.35. The summed E-state index contributed by atoms with van der Waals surface area (Å²) in [7, 11) is 0. The van der Waals surface area contributed by atoms with Gasteiger partial charge in [0.15, 0.2) is 0 Å². The molecule has 1 saturated carbocycles. The summed E-state index contributed by atoms with van der Waals surface area (Å²) in [6.45, 7) is 0.583. The Kier molecular flexibility index (Phi) is 3.28. The van der Waals surface area contributed by atoms with E-state index in [0.29, 0.717) is 18.9 Å². The van der Waals surface area contributed by atoms with Gasteiger partial charge >= 0.3 is 0 Å². The van der Waals surface area contributed by atoms with Crippen molar-refractivity contribution < 1.29 is 4.74 Å². The van der Waals surface area contributed by atoms with E-state index in [1.807, 2.05) is 6.07 Å². The molecule has 0 radical (unpaired) electrons. The van der Waals surface area contributed by atoms with Crippen LogP contribution in [0.15, 0.2) is 52.5 Å². The topological polar surface area (TPSA) is 33.0 Å². The van der Waals surface area contributed by atoms with E-state index in [1.165, 1.54) is 22.3 Å². The van der Waals surface area contributed by atoms with Crippen LogP contribution in [-0.4, -0.2) is 0 Å². The van der Waals surface area contributed by atoms with Crippen LogP contribution >= 0.6 is 15.9 Å². The maximum atomic E-state index is 8.97. The average Bonchev–Trinajstić information content (AvgIpc) is 3.29. The number of fused-ring (bicyclic) bond motifs is 2. The molecule has 1 aliphatic carbocycles. The fourth-order valence-electron chi connectivity index (χ4n) is 3.18.